The molecule has 2 aromatic rings. The highest BCUT2D eigenvalue weighted by atomic mass is 19.1. The third-order valence-electron chi connectivity index (χ3n) is 3.73. The molecule has 5 heteroatoms. The first-order valence-corrected chi connectivity index (χ1v) is 6.65. The van der Waals surface area contributed by atoms with Gasteiger partial charge in [-0.15, -0.1) is 0 Å². The molecule has 21 heavy (non-hydrogen) atoms. The van der Waals surface area contributed by atoms with Crippen LogP contribution in [0, 0.1) is 11.6 Å². The Labute approximate surface area is 120 Å². The van der Waals surface area contributed by atoms with E-state index in [0.29, 0.717) is 6.42 Å². The van der Waals surface area contributed by atoms with Gasteiger partial charge in [-0.25, -0.2) is 8.78 Å². The lowest BCUT2D eigenvalue weighted by molar-refractivity contribution is 0.0928. The first-order valence-electron chi connectivity index (χ1n) is 6.65. The molecule has 0 heterocycles. The van der Waals surface area contributed by atoms with Gasteiger partial charge in [0.05, 0.1) is 11.6 Å². The quantitative estimate of drug-likeness (QED) is 0.891. The van der Waals surface area contributed by atoms with Crippen LogP contribution in [0.4, 0.5) is 8.78 Å². The highest BCUT2D eigenvalue weighted by molar-refractivity contribution is 5.94. The Bertz CT molecular complexity index is 702. The van der Waals surface area contributed by atoms with E-state index < -0.39 is 23.6 Å². The first-order chi connectivity index (χ1) is 10.1. The van der Waals surface area contributed by atoms with Gasteiger partial charge in [-0.1, -0.05) is 24.3 Å². The Morgan fingerprint density at radius 2 is 1.95 bits per heavy atom. The molecule has 0 fully saturated rings. The van der Waals surface area contributed by atoms with Crippen LogP contribution in [0.3, 0.4) is 0 Å². The van der Waals surface area contributed by atoms with Crippen LogP contribution in [0.1, 0.15) is 27.5 Å². The van der Waals surface area contributed by atoms with Crippen molar-refractivity contribution in [2.75, 3.05) is 0 Å². The van der Waals surface area contributed by atoms with Crippen LogP contribution in [-0.4, -0.2) is 11.9 Å². The van der Waals surface area contributed by atoms with Gasteiger partial charge in [-0.2, -0.15) is 0 Å². The number of rotatable bonds is 2. The van der Waals surface area contributed by atoms with Crippen molar-refractivity contribution in [1.29, 1.82) is 0 Å². The van der Waals surface area contributed by atoms with Gasteiger partial charge in [0.2, 0.25) is 0 Å². The number of nitrogens with two attached hydrogens (primary N) is 1. The fourth-order valence-electron chi connectivity index (χ4n) is 2.70. The molecule has 3 nitrogen and oxygen atoms in total. The molecule has 2 atom stereocenters. The number of carbonyl (C=O) groups is 1. The van der Waals surface area contributed by atoms with Crippen LogP contribution in [0.25, 0.3) is 0 Å². The molecule has 1 amide bonds. The number of benzene rings is 2. The van der Waals surface area contributed by atoms with Gasteiger partial charge in [0.15, 0.2) is 0 Å². The maximum atomic E-state index is 13.6. The van der Waals surface area contributed by atoms with E-state index in [1.807, 2.05) is 24.3 Å². The van der Waals surface area contributed by atoms with Crippen molar-refractivity contribution in [3.05, 3.63) is 70.8 Å². The molecular formula is C16H14F2N2O. The van der Waals surface area contributed by atoms with Gasteiger partial charge in [0.1, 0.15) is 11.6 Å². The van der Waals surface area contributed by atoms with Crippen molar-refractivity contribution in [3.63, 3.8) is 0 Å². The second-order valence-electron chi connectivity index (χ2n) is 5.14. The summed E-state index contributed by atoms with van der Waals surface area (Å²) >= 11 is 0. The SMILES string of the molecule is NC1Cc2ccccc2C1NC(=O)c1cc(F)ccc1F. The lowest BCUT2D eigenvalue weighted by atomic mass is 10.1. The Morgan fingerprint density at radius 1 is 1.19 bits per heavy atom. The van der Waals surface area contributed by atoms with E-state index >= 15 is 0 Å². The molecule has 3 N–H and O–H groups in total. The smallest absolute Gasteiger partial charge is 0.254 e. The standard InChI is InChI=1S/C16H14F2N2O/c17-10-5-6-13(18)12(8-10)16(21)20-15-11-4-2-1-3-9(11)7-14(15)19/h1-6,8,14-15H,7,19H2,(H,20,21). The molecule has 0 saturated heterocycles. The molecule has 0 bridgehead atoms. The number of amides is 1. The lowest BCUT2D eigenvalue weighted by Crippen LogP contribution is -2.38. The number of carbonyl (C=O) groups excluding carboxylic acids is 1. The van der Waals surface area contributed by atoms with E-state index in [-0.39, 0.29) is 11.6 Å². The summed E-state index contributed by atoms with van der Waals surface area (Å²) in [5, 5.41) is 2.70. The number of hydrogen-bond donors (Lipinski definition) is 2. The van der Waals surface area contributed by atoms with Crippen LogP contribution >= 0.6 is 0 Å². The second kappa shape index (κ2) is 5.26. The molecule has 0 aliphatic heterocycles. The highest BCUT2D eigenvalue weighted by Crippen LogP contribution is 2.30. The Balaban J connectivity index is 1.87. The molecule has 108 valence electrons. The van der Waals surface area contributed by atoms with Crippen LogP contribution < -0.4 is 11.1 Å². The number of halogens is 2. The summed E-state index contributed by atoms with van der Waals surface area (Å²) in [6, 6.07) is 9.73. The van der Waals surface area contributed by atoms with E-state index in [1.54, 1.807) is 0 Å². The molecule has 2 aromatic carbocycles. The van der Waals surface area contributed by atoms with Crippen molar-refractivity contribution < 1.29 is 13.6 Å². The minimum absolute atomic E-state index is 0.275. The summed E-state index contributed by atoms with van der Waals surface area (Å²) in [6.07, 6.45) is 0.646. The molecule has 1 aliphatic rings. The number of nitrogens with one attached hydrogen (secondary N) is 1. The van der Waals surface area contributed by atoms with Gasteiger partial charge in [-0.05, 0) is 35.7 Å². The Hall–Kier alpha value is -2.27. The minimum Gasteiger partial charge on any atom is -0.344 e. The van der Waals surface area contributed by atoms with E-state index in [4.69, 9.17) is 5.73 Å². The summed E-state index contributed by atoms with van der Waals surface area (Å²) in [6.45, 7) is 0. The van der Waals surface area contributed by atoms with Gasteiger partial charge in [-0.3, -0.25) is 4.79 Å². The van der Waals surface area contributed by atoms with E-state index in [2.05, 4.69) is 5.32 Å². The topological polar surface area (TPSA) is 55.1 Å². The van der Waals surface area contributed by atoms with E-state index in [9.17, 15) is 13.6 Å². The summed E-state index contributed by atoms with van der Waals surface area (Å²) in [5.41, 5.74) is 7.72. The van der Waals surface area contributed by atoms with Crippen LogP contribution in [-0.2, 0) is 6.42 Å². The van der Waals surface area contributed by atoms with Gasteiger partial charge < -0.3 is 11.1 Å². The maximum absolute atomic E-state index is 13.6. The van der Waals surface area contributed by atoms with Crippen LogP contribution in [0.5, 0.6) is 0 Å². The zero-order chi connectivity index (χ0) is 15.0. The third-order valence-corrected chi connectivity index (χ3v) is 3.73. The predicted octanol–water partition coefficient (Wildman–Crippen LogP) is 2.32. The van der Waals surface area contributed by atoms with Gasteiger partial charge in [0, 0.05) is 6.04 Å². The normalized spacial score (nSPS) is 20.1. The van der Waals surface area contributed by atoms with Gasteiger partial charge in [0.25, 0.3) is 5.91 Å². The maximum Gasteiger partial charge on any atom is 0.254 e. The molecule has 0 radical (unpaired) electrons. The zero-order valence-electron chi connectivity index (χ0n) is 11.1. The highest BCUT2D eigenvalue weighted by Gasteiger charge is 2.31. The molecular weight excluding hydrogens is 274 g/mol. The van der Waals surface area contributed by atoms with Crippen molar-refractivity contribution in [2.45, 2.75) is 18.5 Å². The second-order valence-corrected chi connectivity index (χ2v) is 5.14. The summed E-state index contributed by atoms with van der Waals surface area (Å²) in [7, 11) is 0. The third kappa shape index (κ3) is 2.52. The number of fused-ring (bicyclic) bond motifs is 1. The molecule has 1 aliphatic carbocycles. The van der Waals surface area contributed by atoms with Crippen molar-refractivity contribution >= 4 is 5.91 Å². The summed E-state index contributed by atoms with van der Waals surface area (Å²) in [5.74, 6) is -2.07. The van der Waals surface area contributed by atoms with Crippen LogP contribution in [0.15, 0.2) is 42.5 Å². The lowest BCUT2D eigenvalue weighted by Gasteiger charge is -2.19. The molecule has 2 unspecified atom stereocenters. The molecule has 3 rings (SSSR count). The first kappa shape index (κ1) is 13.7. The average Bonchev–Trinajstić information content (AvgIpc) is 2.78. The molecule has 0 aromatic heterocycles. The molecule has 0 saturated carbocycles. The minimum atomic E-state index is -0.756. The summed E-state index contributed by atoms with van der Waals surface area (Å²) in [4.78, 5) is 12.2. The van der Waals surface area contributed by atoms with E-state index in [1.165, 1.54) is 0 Å². The fourth-order valence-corrected chi connectivity index (χ4v) is 2.70. The zero-order valence-corrected chi connectivity index (χ0v) is 11.1. The fraction of sp³-hybridized carbons (Fsp3) is 0.188. The average molecular weight is 288 g/mol. The monoisotopic (exact) mass is 288 g/mol. The predicted molar refractivity (Wildman–Crippen MR) is 74.7 cm³/mol. The number of hydrogen-bond acceptors (Lipinski definition) is 2. The van der Waals surface area contributed by atoms with Crippen molar-refractivity contribution in [3.8, 4) is 0 Å². The largest absolute Gasteiger partial charge is 0.344 e. The molecule has 0 spiro atoms. The van der Waals surface area contributed by atoms with Crippen molar-refractivity contribution in [1.82, 2.24) is 5.32 Å². The van der Waals surface area contributed by atoms with E-state index in [0.717, 1.165) is 29.3 Å². The summed E-state index contributed by atoms with van der Waals surface area (Å²) < 4.78 is 26.8. The van der Waals surface area contributed by atoms with Gasteiger partial charge >= 0.3 is 0 Å². The van der Waals surface area contributed by atoms with Crippen molar-refractivity contribution in [2.24, 2.45) is 5.73 Å². The Kier molecular flexibility index (Phi) is 3.43. The Morgan fingerprint density at radius 3 is 2.76 bits per heavy atom. The van der Waals surface area contributed by atoms with Crippen LogP contribution in [0.2, 0.25) is 0 Å².